The maximum absolute atomic E-state index is 13.4. The van der Waals surface area contributed by atoms with Crippen LogP contribution >= 0.6 is 0 Å². The fourth-order valence-electron chi connectivity index (χ4n) is 4.13. The van der Waals surface area contributed by atoms with E-state index in [0.717, 1.165) is 48.4 Å². The summed E-state index contributed by atoms with van der Waals surface area (Å²) in [7, 11) is 0. The van der Waals surface area contributed by atoms with E-state index >= 15 is 0 Å². The van der Waals surface area contributed by atoms with E-state index in [4.69, 9.17) is 0 Å². The molecule has 0 bridgehead atoms. The average molecular weight is 372 g/mol. The number of carboxylic acids is 1. The molecule has 1 aliphatic rings. The number of benzene rings is 2. The molecule has 0 saturated carbocycles. The molecule has 1 aliphatic carbocycles. The van der Waals surface area contributed by atoms with Gasteiger partial charge in [0.25, 0.3) is 0 Å². The Morgan fingerprint density at radius 2 is 1.78 bits per heavy atom. The summed E-state index contributed by atoms with van der Waals surface area (Å²) >= 11 is 0. The molecule has 1 heterocycles. The number of hydrogen-bond acceptors (Lipinski definition) is 2. The largest absolute Gasteiger partial charge is 0.545 e. The lowest BCUT2D eigenvalue weighted by Gasteiger charge is -2.19. The Kier molecular flexibility index (Phi) is 4.21. The van der Waals surface area contributed by atoms with Crippen LogP contribution in [-0.4, -0.2) is 10.5 Å². The zero-order chi connectivity index (χ0) is 19.2. The summed E-state index contributed by atoms with van der Waals surface area (Å²) in [5.74, 6) is -1.32. The lowest BCUT2D eigenvalue weighted by Crippen LogP contribution is -2.23. The van der Waals surface area contributed by atoms with Crippen LogP contribution in [0.2, 0.25) is 0 Å². The first-order valence-corrected chi connectivity index (χ1v) is 8.87. The molecule has 0 atom stereocenters. The van der Waals surface area contributed by atoms with Crippen LogP contribution in [0.4, 0.5) is 13.2 Å². The molecule has 3 nitrogen and oxygen atoms in total. The Morgan fingerprint density at radius 3 is 2.52 bits per heavy atom. The summed E-state index contributed by atoms with van der Waals surface area (Å²) in [5.41, 5.74) is 1.89. The van der Waals surface area contributed by atoms with E-state index in [9.17, 15) is 23.1 Å². The van der Waals surface area contributed by atoms with Gasteiger partial charge in [0.2, 0.25) is 0 Å². The number of aryl methyl sites for hydroxylation is 1. The summed E-state index contributed by atoms with van der Waals surface area (Å²) < 4.78 is 42.0. The van der Waals surface area contributed by atoms with E-state index < -0.39 is 17.7 Å². The third-order valence-electron chi connectivity index (χ3n) is 5.27. The minimum absolute atomic E-state index is 0.0198. The van der Waals surface area contributed by atoms with Crippen molar-refractivity contribution < 1.29 is 23.1 Å². The SMILES string of the molecule is O=C([O-])c1cccc2c3c(n(Cc4ccccc4C(F)(F)F)c12)CCCC3. The number of aromatic nitrogens is 1. The predicted molar refractivity (Wildman–Crippen MR) is 93.5 cm³/mol. The van der Waals surface area contributed by atoms with E-state index in [-0.39, 0.29) is 17.7 Å². The fraction of sp³-hybridized carbons (Fsp3) is 0.286. The second-order valence-electron chi connectivity index (χ2n) is 6.86. The van der Waals surface area contributed by atoms with Gasteiger partial charge in [-0.1, -0.05) is 36.4 Å². The van der Waals surface area contributed by atoms with Crippen LogP contribution < -0.4 is 5.11 Å². The maximum Gasteiger partial charge on any atom is 0.416 e. The van der Waals surface area contributed by atoms with Crippen molar-refractivity contribution in [2.75, 3.05) is 0 Å². The van der Waals surface area contributed by atoms with Crippen molar-refractivity contribution in [3.05, 3.63) is 70.4 Å². The highest BCUT2D eigenvalue weighted by Gasteiger charge is 2.33. The minimum atomic E-state index is -4.46. The van der Waals surface area contributed by atoms with Gasteiger partial charge in [0.15, 0.2) is 0 Å². The lowest BCUT2D eigenvalue weighted by molar-refractivity contribution is -0.254. The van der Waals surface area contributed by atoms with Crippen molar-refractivity contribution >= 4 is 16.9 Å². The molecule has 6 heteroatoms. The number of para-hydroxylation sites is 1. The molecule has 140 valence electrons. The molecular formula is C21H17F3NO2-. The van der Waals surface area contributed by atoms with Gasteiger partial charge in [0, 0.05) is 23.2 Å². The van der Waals surface area contributed by atoms with Gasteiger partial charge in [0.1, 0.15) is 0 Å². The zero-order valence-corrected chi connectivity index (χ0v) is 14.5. The monoisotopic (exact) mass is 372 g/mol. The van der Waals surface area contributed by atoms with Gasteiger partial charge >= 0.3 is 6.18 Å². The van der Waals surface area contributed by atoms with E-state index in [1.165, 1.54) is 18.2 Å². The van der Waals surface area contributed by atoms with E-state index in [1.807, 2.05) is 6.07 Å². The van der Waals surface area contributed by atoms with Gasteiger partial charge in [-0.25, -0.2) is 0 Å². The number of carbonyl (C=O) groups is 1. The summed E-state index contributed by atoms with van der Waals surface area (Å²) in [6.45, 7) is -0.0220. The number of hydrogen-bond donors (Lipinski definition) is 0. The lowest BCUT2D eigenvalue weighted by atomic mass is 9.95. The standard InChI is InChI=1S/C21H18F3NO2/c22-21(23,24)17-10-3-1-6-13(17)12-25-18-11-4-2-7-14(18)15-8-5-9-16(19(15)25)20(26)27/h1,3,5-6,8-10H,2,4,7,11-12H2,(H,26,27)/p-1. The number of alkyl halides is 3. The summed E-state index contributed by atoms with van der Waals surface area (Å²) in [4.78, 5) is 11.7. The molecule has 2 aromatic carbocycles. The quantitative estimate of drug-likeness (QED) is 0.699. The minimum Gasteiger partial charge on any atom is -0.545 e. The molecular weight excluding hydrogens is 355 g/mol. The molecule has 27 heavy (non-hydrogen) atoms. The fourth-order valence-corrected chi connectivity index (χ4v) is 4.13. The molecule has 0 saturated heterocycles. The highest BCUT2D eigenvalue weighted by molar-refractivity contribution is 6.03. The van der Waals surface area contributed by atoms with Crippen LogP contribution in [0.5, 0.6) is 0 Å². The van der Waals surface area contributed by atoms with Crippen LogP contribution in [0.25, 0.3) is 10.9 Å². The average Bonchev–Trinajstić information content (AvgIpc) is 2.95. The first-order chi connectivity index (χ1) is 12.9. The topological polar surface area (TPSA) is 45.1 Å². The van der Waals surface area contributed by atoms with Gasteiger partial charge in [0.05, 0.1) is 17.0 Å². The summed E-state index contributed by atoms with van der Waals surface area (Å²) in [6.07, 6.45) is -1.01. The number of fused-ring (bicyclic) bond motifs is 3. The van der Waals surface area contributed by atoms with Crippen molar-refractivity contribution in [1.29, 1.82) is 0 Å². The molecule has 0 spiro atoms. The van der Waals surface area contributed by atoms with Crippen LogP contribution in [0, 0.1) is 0 Å². The molecule has 0 radical (unpaired) electrons. The molecule has 0 amide bonds. The third-order valence-corrected chi connectivity index (χ3v) is 5.27. The normalized spacial score (nSPS) is 14.3. The van der Waals surface area contributed by atoms with Crippen molar-refractivity contribution in [1.82, 2.24) is 4.57 Å². The molecule has 0 aliphatic heterocycles. The number of halogens is 3. The molecule has 3 aromatic rings. The third kappa shape index (κ3) is 2.99. The highest BCUT2D eigenvalue weighted by atomic mass is 19.4. The molecule has 4 rings (SSSR count). The smallest absolute Gasteiger partial charge is 0.416 e. The number of nitrogens with zero attached hydrogens (tertiary/aromatic N) is 1. The van der Waals surface area contributed by atoms with Gasteiger partial charge in [-0.05, 0) is 42.9 Å². The van der Waals surface area contributed by atoms with E-state index in [2.05, 4.69) is 0 Å². The number of rotatable bonds is 3. The predicted octanol–water partition coefficient (Wildman–Crippen LogP) is 3.95. The Morgan fingerprint density at radius 1 is 1.04 bits per heavy atom. The molecule has 0 N–H and O–H groups in total. The maximum atomic E-state index is 13.4. The Bertz CT molecular complexity index is 1030. The van der Waals surface area contributed by atoms with Gasteiger partial charge in [-0.2, -0.15) is 13.2 Å². The zero-order valence-electron chi connectivity index (χ0n) is 14.5. The van der Waals surface area contributed by atoms with Gasteiger partial charge in [-0.15, -0.1) is 0 Å². The van der Waals surface area contributed by atoms with Crippen LogP contribution in [0.15, 0.2) is 42.5 Å². The molecule has 0 fully saturated rings. The Labute approximate surface area is 154 Å². The van der Waals surface area contributed by atoms with Crippen molar-refractivity contribution in [3.8, 4) is 0 Å². The second-order valence-corrected chi connectivity index (χ2v) is 6.86. The van der Waals surface area contributed by atoms with Crippen molar-refractivity contribution in [2.45, 2.75) is 38.4 Å². The van der Waals surface area contributed by atoms with Crippen LogP contribution in [0.3, 0.4) is 0 Å². The number of aromatic carboxylic acids is 1. The first kappa shape index (κ1) is 17.6. The van der Waals surface area contributed by atoms with E-state index in [0.29, 0.717) is 5.52 Å². The Balaban J connectivity index is 1.96. The van der Waals surface area contributed by atoms with Crippen LogP contribution in [-0.2, 0) is 25.6 Å². The number of carbonyl (C=O) groups excluding carboxylic acids is 1. The Hall–Kier alpha value is -2.76. The van der Waals surface area contributed by atoms with Crippen molar-refractivity contribution in [3.63, 3.8) is 0 Å². The van der Waals surface area contributed by atoms with Crippen molar-refractivity contribution in [2.24, 2.45) is 0 Å². The molecule has 0 unspecified atom stereocenters. The number of carboxylic acid groups (broad SMARTS) is 1. The highest BCUT2D eigenvalue weighted by Crippen LogP contribution is 2.37. The summed E-state index contributed by atoms with van der Waals surface area (Å²) in [5, 5.41) is 12.5. The summed E-state index contributed by atoms with van der Waals surface area (Å²) in [6, 6.07) is 10.4. The van der Waals surface area contributed by atoms with E-state index in [1.54, 1.807) is 16.7 Å². The van der Waals surface area contributed by atoms with Crippen LogP contribution in [0.1, 0.15) is 45.6 Å². The van der Waals surface area contributed by atoms with Gasteiger partial charge < -0.3 is 14.5 Å². The second kappa shape index (κ2) is 6.44. The van der Waals surface area contributed by atoms with Gasteiger partial charge in [-0.3, -0.25) is 0 Å². The first-order valence-electron chi connectivity index (χ1n) is 8.87. The molecule has 1 aromatic heterocycles.